The number of nitrogens with one attached hydrogen (secondary N) is 2. The van der Waals surface area contributed by atoms with E-state index < -0.39 is 17.8 Å². The van der Waals surface area contributed by atoms with Gasteiger partial charge in [0, 0.05) is 40.3 Å². The number of amides is 2. The number of hydrogen-bond donors (Lipinski definition) is 2. The summed E-state index contributed by atoms with van der Waals surface area (Å²) >= 11 is 0. The molecular weight excluding hydrogens is 437 g/mol. The number of carbonyl (C=O) groups excluding carboxylic acids is 1. The van der Waals surface area contributed by atoms with Gasteiger partial charge in [0.15, 0.2) is 0 Å². The monoisotopic (exact) mass is 466 g/mol. The van der Waals surface area contributed by atoms with E-state index in [1.54, 1.807) is 19.0 Å². The predicted octanol–water partition coefficient (Wildman–Crippen LogP) is 3.80. The van der Waals surface area contributed by atoms with Gasteiger partial charge in [-0.3, -0.25) is 4.90 Å². The number of nitrogens with zero attached hydrogens (tertiary/aromatic N) is 2. The molecule has 0 saturated carbocycles. The Hall–Kier alpha value is -2.98. The number of urea groups is 1. The van der Waals surface area contributed by atoms with Crippen LogP contribution < -0.4 is 20.3 Å². The van der Waals surface area contributed by atoms with Crippen molar-refractivity contribution in [3.8, 4) is 5.75 Å². The third-order valence-corrected chi connectivity index (χ3v) is 5.19. The molecular formula is C23H29F3N4O3. The van der Waals surface area contributed by atoms with Crippen LogP contribution in [0.15, 0.2) is 42.5 Å². The van der Waals surface area contributed by atoms with Crippen molar-refractivity contribution in [2.45, 2.75) is 12.7 Å². The van der Waals surface area contributed by atoms with Crippen LogP contribution in [0.25, 0.3) is 0 Å². The van der Waals surface area contributed by atoms with Crippen molar-refractivity contribution >= 4 is 17.4 Å². The SMILES string of the molecule is CN(C)c1ccc(C(F)(F)F)cc1NC(=O)NCc1cccc(OCCN2CCOCC2)c1. The van der Waals surface area contributed by atoms with E-state index >= 15 is 0 Å². The van der Waals surface area contributed by atoms with Gasteiger partial charge in [-0.15, -0.1) is 0 Å². The van der Waals surface area contributed by atoms with Crippen LogP contribution in [0, 0.1) is 0 Å². The van der Waals surface area contributed by atoms with Crippen molar-refractivity contribution < 1.29 is 27.4 Å². The quantitative estimate of drug-likeness (QED) is 0.620. The second kappa shape index (κ2) is 11.2. The number of hydrogen-bond acceptors (Lipinski definition) is 5. The van der Waals surface area contributed by atoms with Gasteiger partial charge < -0.3 is 25.0 Å². The normalized spacial score (nSPS) is 14.6. The Morgan fingerprint density at radius 1 is 1.15 bits per heavy atom. The van der Waals surface area contributed by atoms with Crippen LogP contribution in [-0.4, -0.2) is 64.5 Å². The fourth-order valence-electron chi connectivity index (χ4n) is 3.41. The van der Waals surface area contributed by atoms with Crippen LogP contribution in [0.5, 0.6) is 5.75 Å². The second-order valence-corrected chi connectivity index (χ2v) is 7.88. The molecule has 2 aromatic rings. The smallest absolute Gasteiger partial charge is 0.416 e. The van der Waals surface area contributed by atoms with E-state index in [9.17, 15) is 18.0 Å². The van der Waals surface area contributed by atoms with Crippen LogP contribution in [-0.2, 0) is 17.5 Å². The standard InChI is InChI=1S/C23H29F3N4O3/c1-29(2)21-7-6-18(23(24,25)26)15-20(21)28-22(31)27-16-17-4-3-5-19(14-17)33-13-10-30-8-11-32-12-9-30/h3-7,14-15H,8-13,16H2,1-2H3,(H2,27,28,31). The highest BCUT2D eigenvalue weighted by molar-refractivity contribution is 5.93. The Kier molecular flexibility index (Phi) is 8.40. The van der Waals surface area contributed by atoms with Crippen molar-refractivity contribution in [2.75, 3.05) is 63.8 Å². The number of carbonyl (C=O) groups is 1. The zero-order valence-corrected chi connectivity index (χ0v) is 18.7. The molecule has 0 spiro atoms. The summed E-state index contributed by atoms with van der Waals surface area (Å²) in [5.41, 5.74) is 0.526. The topological polar surface area (TPSA) is 66.1 Å². The summed E-state index contributed by atoms with van der Waals surface area (Å²) < 4.78 is 50.4. The molecule has 1 aliphatic rings. The molecule has 3 rings (SSSR count). The van der Waals surface area contributed by atoms with E-state index in [1.807, 2.05) is 24.3 Å². The average molecular weight is 467 g/mol. The number of alkyl halides is 3. The Morgan fingerprint density at radius 3 is 2.61 bits per heavy atom. The molecule has 0 unspecified atom stereocenters. The summed E-state index contributed by atoms with van der Waals surface area (Å²) in [6.07, 6.45) is -4.50. The average Bonchev–Trinajstić information content (AvgIpc) is 2.78. The lowest BCUT2D eigenvalue weighted by molar-refractivity contribution is -0.137. The van der Waals surface area contributed by atoms with Crippen LogP contribution in [0.4, 0.5) is 29.3 Å². The van der Waals surface area contributed by atoms with Gasteiger partial charge in [0.2, 0.25) is 0 Å². The van der Waals surface area contributed by atoms with E-state index in [4.69, 9.17) is 9.47 Å². The third kappa shape index (κ3) is 7.54. The second-order valence-electron chi connectivity index (χ2n) is 7.88. The van der Waals surface area contributed by atoms with E-state index in [0.717, 1.165) is 50.5 Å². The Labute approximate surface area is 191 Å². The highest BCUT2D eigenvalue weighted by Crippen LogP contribution is 2.34. The molecule has 1 aliphatic heterocycles. The van der Waals surface area contributed by atoms with E-state index in [2.05, 4.69) is 15.5 Å². The molecule has 33 heavy (non-hydrogen) atoms. The van der Waals surface area contributed by atoms with E-state index in [1.165, 1.54) is 6.07 Å². The zero-order chi connectivity index (χ0) is 23.8. The number of ether oxygens (including phenoxy) is 2. The summed E-state index contributed by atoms with van der Waals surface area (Å²) in [6, 6.07) is 9.98. The highest BCUT2D eigenvalue weighted by atomic mass is 19.4. The van der Waals surface area contributed by atoms with Gasteiger partial charge in [-0.05, 0) is 35.9 Å². The predicted molar refractivity (Wildman–Crippen MR) is 121 cm³/mol. The summed E-state index contributed by atoms with van der Waals surface area (Å²) in [7, 11) is 3.38. The minimum absolute atomic E-state index is 0.0764. The van der Waals surface area contributed by atoms with Crippen LogP contribution in [0.2, 0.25) is 0 Å². The van der Waals surface area contributed by atoms with Gasteiger partial charge in [0.1, 0.15) is 12.4 Å². The van der Waals surface area contributed by atoms with Crippen molar-refractivity contribution in [1.82, 2.24) is 10.2 Å². The Bertz CT molecular complexity index is 931. The maximum atomic E-state index is 13.1. The van der Waals surface area contributed by atoms with Crippen molar-refractivity contribution in [2.24, 2.45) is 0 Å². The fraction of sp³-hybridized carbons (Fsp3) is 0.435. The Balaban J connectivity index is 1.54. The molecule has 0 aromatic heterocycles. The first-order valence-corrected chi connectivity index (χ1v) is 10.7. The maximum Gasteiger partial charge on any atom is 0.416 e. The van der Waals surface area contributed by atoms with Crippen molar-refractivity contribution in [1.29, 1.82) is 0 Å². The molecule has 1 saturated heterocycles. The lowest BCUT2D eigenvalue weighted by Gasteiger charge is -2.26. The minimum Gasteiger partial charge on any atom is -0.492 e. The molecule has 1 fully saturated rings. The van der Waals surface area contributed by atoms with Gasteiger partial charge in [-0.1, -0.05) is 12.1 Å². The maximum absolute atomic E-state index is 13.1. The summed E-state index contributed by atoms with van der Waals surface area (Å²) in [5.74, 6) is 0.691. The van der Waals surface area contributed by atoms with Crippen LogP contribution in [0.1, 0.15) is 11.1 Å². The number of halogens is 3. The van der Waals surface area contributed by atoms with Crippen molar-refractivity contribution in [3.05, 3.63) is 53.6 Å². The number of rotatable bonds is 8. The van der Waals surface area contributed by atoms with Gasteiger partial charge in [-0.2, -0.15) is 13.2 Å². The zero-order valence-electron chi connectivity index (χ0n) is 18.7. The number of benzene rings is 2. The lowest BCUT2D eigenvalue weighted by atomic mass is 10.1. The Morgan fingerprint density at radius 2 is 1.91 bits per heavy atom. The molecule has 1 heterocycles. The molecule has 2 amide bonds. The minimum atomic E-state index is -4.50. The van der Waals surface area contributed by atoms with E-state index in [0.29, 0.717) is 18.0 Å². The van der Waals surface area contributed by atoms with E-state index in [-0.39, 0.29) is 12.2 Å². The van der Waals surface area contributed by atoms with Gasteiger partial charge >= 0.3 is 12.2 Å². The first kappa shape index (κ1) is 24.7. The third-order valence-electron chi connectivity index (χ3n) is 5.19. The molecule has 2 aromatic carbocycles. The fourth-order valence-corrected chi connectivity index (χ4v) is 3.41. The summed E-state index contributed by atoms with van der Waals surface area (Å²) in [6.45, 7) is 4.80. The van der Waals surface area contributed by atoms with Gasteiger partial charge in [0.25, 0.3) is 0 Å². The van der Waals surface area contributed by atoms with Gasteiger partial charge in [-0.25, -0.2) is 4.79 Å². The molecule has 0 radical (unpaired) electrons. The number of morpholine rings is 1. The van der Waals surface area contributed by atoms with Crippen LogP contribution in [0.3, 0.4) is 0 Å². The molecule has 180 valence electrons. The molecule has 0 bridgehead atoms. The van der Waals surface area contributed by atoms with Crippen LogP contribution >= 0.6 is 0 Å². The lowest BCUT2D eigenvalue weighted by Crippen LogP contribution is -2.38. The largest absolute Gasteiger partial charge is 0.492 e. The molecule has 10 heteroatoms. The molecule has 0 aliphatic carbocycles. The van der Waals surface area contributed by atoms with Crippen molar-refractivity contribution in [3.63, 3.8) is 0 Å². The first-order valence-electron chi connectivity index (χ1n) is 10.7. The number of anilines is 2. The molecule has 0 atom stereocenters. The molecule has 7 nitrogen and oxygen atoms in total. The summed E-state index contributed by atoms with van der Waals surface area (Å²) in [5, 5.41) is 5.20. The summed E-state index contributed by atoms with van der Waals surface area (Å²) in [4.78, 5) is 16.3. The molecule has 2 N–H and O–H groups in total. The highest BCUT2D eigenvalue weighted by Gasteiger charge is 2.31. The van der Waals surface area contributed by atoms with Gasteiger partial charge in [0.05, 0.1) is 30.2 Å². The first-order chi connectivity index (χ1) is 15.7.